The topological polar surface area (TPSA) is 66.9 Å². The molecule has 0 radical (unpaired) electrons. The van der Waals surface area contributed by atoms with E-state index < -0.39 is 29.0 Å². The van der Waals surface area contributed by atoms with Crippen LogP contribution in [0.2, 0.25) is 0 Å². The van der Waals surface area contributed by atoms with Crippen LogP contribution in [-0.2, 0) is 30.7 Å². The number of amides is 3. The highest BCUT2D eigenvalue weighted by Gasteiger charge is 2.54. The summed E-state index contributed by atoms with van der Waals surface area (Å²) in [5.41, 5.74) is -2.47. The molecule has 6 nitrogen and oxygen atoms in total. The highest BCUT2D eigenvalue weighted by atomic mass is 19.4. The molecular weight excluding hydrogens is 413 g/mol. The van der Waals surface area contributed by atoms with Crippen molar-refractivity contribution >= 4 is 17.7 Å². The SMILES string of the molecule is CCN1C(=O)C[C@@](CC(=O)N2CCC(COC)CC2)(c2cccc(C(F)(F)F)c2)C1=O. The summed E-state index contributed by atoms with van der Waals surface area (Å²) in [7, 11) is 1.62. The molecule has 2 heterocycles. The summed E-state index contributed by atoms with van der Waals surface area (Å²) >= 11 is 0. The average Bonchev–Trinajstić information content (AvgIpc) is 2.98. The molecule has 0 unspecified atom stereocenters. The van der Waals surface area contributed by atoms with Crippen LogP contribution in [0.1, 0.15) is 43.7 Å². The number of halogens is 3. The van der Waals surface area contributed by atoms with Crippen LogP contribution in [0.25, 0.3) is 0 Å². The molecule has 1 aromatic carbocycles. The van der Waals surface area contributed by atoms with Crippen LogP contribution in [0.4, 0.5) is 13.2 Å². The van der Waals surface area contributed by atoms with Crippen molar-refractivity contribution in [1.29, 1.82) is 0 Å². The first-order valence-corrected chi connectivity index (χ1v) is 10.4. The van der Waals surface area contributed by atoms with Crippen molar-refractivity contribution in [1.82, 2.24) is 9.80 Å². The Balaban J connectivity index is 1.91. The Bertz CT molecular complexity index is 849. The molecule has 2 aliphatic heterocycles. The van der Waals surface area contributed by atoms with E-state index in [2.05, 4.69) is 0 Å². The van der Waals surface area contributed by atoms with Gasteiger partial charge in [0.1, 0.15) is 0 Å². The Kier molecular flexibility index (Phi) is 6.73. The number of rotatable bonds is 6. The Hall–Kier alpha value is -2.42. The summed E-state index contributed by atoms with van der Waals surface area (Å²) in [4.78, 5) is 41.5. The molecule has 3 rings (SSSR count). The van der Waals surface area contributed by atoms with Gasteiger partial charge in [0.15, 0.2) is 0 Å². The molecule has 9 heteroatoms. The van der Waals surface area contributed by atoms with Gasteiger partial charge >= 0.3 is 6.18 Å². The van der Waals surface area contributed by atoms with Crippen molar-refractivity contribution in [2.24, 2.45) is 5.92 Å². The fourth-order valence-corrected chi connectivity index (χ4v) is 4.53. The van der Waals surface area contributed by atoms with E-state index in [-0.39, 0.29) is 30.9 Å². The van der Waals surface area contributed by atoms with Crippen LogP contribution in [0.3, 0.4) is 0 Å². The maximum atomic E-state index is 13.3. The molecule has 0 spiro atoms. The lowest BCUT2D eigenvalue weighted by Crippen LogP contribution is -2.45. The highest BCUT2D eigenvalue weighted by Crippen LogP contribution is 2.42. The molecule has 1 atom stereocenters. The van der Waals surface area contributed by atoms with Crippen LogP contribution >= 0.6 is 0 Å². The third-order valence-electron chi connectivity index (χ3n) is 6.29. The molecule has 0 N–H and O–H groups in total. The van der Waals surface area contributed by atoms with Crippen molar-refractivity contribution in [3.8, 4) is 0 Å². The van der Waals surface area contributed by atoms with E-state index in [0.29, 0.717) is 25.6 Å². The average molecular weight is 440 g/mol. The van der Waals surface area contributed by atoms with Gasteiger partial charge in [-0.3, -0.25) is 19.3 Å². The molecule has 0 aromatic heterocycles. The largest absolute Gasteiger partial charge is 0.416 e. The van der Waals surface area contributed by atoms with Crippen LogP contribution in [0, 0.1) is 5.92 Å². The number of hydrogen-bond acceptors (Lipinski definition) is 4. The second-order valence-corrected chi connectivity index (χ2v) is 8.24. The number of alkyl halides is 3. The predicted molar refractivity (Wildman–Crippen MR) is 106 cm³/mol. The number of likely N-dealkylation sites (tertiary alicyclic amines) is 2. The summed E-state index contributed by atoms with van der Waals surface area (Å²) in [5.74, 6) is -1.07. The smallest absolute Gasteiger partial charge is 0.384 e. The summed E-state index contributed by atoms with van der Waals surface area (Å²) in [6.07, 6.45) is -3.73. The van der Waals surface area contributed by atoms with Crippen molar-refractivity contribution < 1.29 is 32.3 Å². The fourth-order valence-electron chi connectivity index (χ4n) is 4.53. The van der Waals surface area contributed by atoms with Crippen molar-refractivity contribution in [3.63, 3.8) is 0 Å². The van der Waals surface area contributed by atoms with Gasteiger partial charge in [0.25, 0.3) is 0 Å². The van der Waals surface area contributed by atoms with E-state index in [1.165, 1.54) is 12.1 Å². The lowest BCUT2D eigenvalue weighted by molar-refractivity contribution is -0.143. The van der Waals surface area contributed by atoms with Crippen LogP contribution in [0.15, 0.2) is 24.3 Å². The molecule has 0 aliphatic carbocycles. The summed E-state index contributed by atoms with van der Waals surface area (Å²) < 4.78 is 45.1. The Morgan fingerprint density at radius 3 is 2.45 bits per heavy atom. The minimum atomic E-state index is -4.60. The zero-order chi connectivity index (χ0) is 22.8. The van der Waals surface area contributed by atoms with Gasteiger partial charge < -0.3 is 9.64 Å². The normalized spacial score (nSPS) is 23.0. The lowest BCUT2D eigenvalue weighted by atomic mass is 9.75. The van der Waals surface area contributed by atoms with E-state index in [1.54, 1.807) is 18.9 Å². The lowest BCUT2D eigenvalue weighted by Gasteiger charge is -2.35. The zero-order valence-electron chi connectivity index (χ0n) is 17.7. The standard InChI is InChI=1S/C22H27F3N2O4/c1-3-27-19(29)13-21(20(27)30,16-5-4-6-17(11-16)22(23,24)25)12-18(28)26-9-7-15(8-10-26)14-31-2/h4-6,11,15H,3,7-10,12-14H2,1-2H3/t21-/m0/s1. The van der Waals surface area contributed by atoms with Crippen LogP contribution < -0.4 is 0 Å². The van der Waals surface area contributed by atoms with Gasteiger partial charge in [0, 0.05) is 46.2 Å². The molecule has 0 bridgehead atoms. The van der Waals surface area contributed by atoms with Gasteiger partial charge in [-0.25, -0.2) is 0 Å². The Morgan fingerprint density at radius 2 is 1.90 bits per heavy atom. The minimum absolute atomic E-state index is 0.0549. The monoisotopic (exact) mass is 440 g/mol. The Labute approximate surface area is 179 Å². The number of carbonyl (C=O) groups excluding carboxylic acids is 3. The molecule has 2 saturated heterocycles. The molecule has 31 heavy (non-hydrogen) atoms. The number of imide groups is 1. The molecule has 170 valence electrons. The fraction of sp³-hybridized carbons (Fsp3) is 0.591. The minimum Gasteiger partial charge on any atom is -0.384 e. The van der Waals surface area contributed by atoms with Gasteiger partial charge in [0.2, 0.25) is 17.7 Å². The van der Waals surface area contributed by atoms with E-state index in [4.69, 9.17) is 4.74 Å². The number of carbonyl (C=O) groups is 3. The highest BCUT2D eigenvalue weighted by molar-refractivity contribution is 6.10. The number of methoxy groups -OCH3 is 1. The van der Waals surface area contributed by atoms with Crippen molar-refractivity contribution in [2.45, 2.75) is 44.2 Å². The van der Waals surface area contributed by atoms with Gasteiger partial charge in [0.05, 0.1) is 11.0 Å². The van der Waals surface area contributed by atoms with Crippen molar-refractivity contribution in [2.75, 3.05) is 33.4 Å². The number of nitrogens with zero attached hydrogens (tertiary/aromatic N) is 2. The van der Waals surface area contributed by atoms with Crippen LogP contribution in [-0.4, -0.2) is 60.9 Å². The number of piperidine rings is 1. The third kappa shape index (κ3) is 4.61. The molecule has 2 fully saturated rings. The Morgan fingerprint density at radius 1 is 1.23 bits per heavy atom. The quantitative estimate of drug-likeness (QED) is 0.638. The second kappa shape index (κ2) is 8.98. The molecule has 3 amide bonds. The molecule has 2 aliphatic rings. The number of hydrogen-bond donors (Lipinski definition) is 0. The molecular formula is C22H27F3N2O4. The third-order valence-corrected chi connectivity index (χ3v) is 6.29. The van der Waals surface area contributed by atoms with Gasteiger partial charge in [-0.05, 0) is 37.3 Å². The first kappa shape index (κ1) is 23.2. The second-order valence-electron chi connectivity index (χ2n) is 8.24. The zero-order valence-corrected chi connectivity index (χ0v) is 17.7. The summed E-state index contributed by atoms with van der Waals surface area (Å²) in [6.45, 7) is 3.32. The number of likely N-dealkylation sites (N-methyl/N-ethyl adjacent to an activating group) is 1. The van der Waals surface area contributed by atoms with Crippen molar-refractivity contribution in [3.05, 3.63) is 35.4 Å². The van der Waals surface area contributed by atoms with Gasteiger partial charge in [-0.1, -0.05) is 18.2 Å². The summed E-state index contributed by atoms with van der Waals surface area (Å²) in [6, 6.07) is 4.42. The predicted octanol–water partition coefficient (Wildman–Crippen LogP) is 3.00. The van der Waals surface area contributed by atoms with Gasteiger partial charge in [-0.2, -0.15) is 13.2 Å². The first-order chi connectivity index (χ1) is 14.6. The maximum Gasteiger partial charge on any atom is 0.416 e. The number of ether oxygens (including phenoxy) is 1. The maximum absolute atomic E-state index is 13.3. The van der Waals surface area contributed by atoms with E-state index in [9.17, 15) is 27.6 Å². The molecule has 0 saturated carbocycles. The van der Waals surface area contributed by atoms with E-state index >= 15 is 0 Å². The van der Waals surface area contributed by atoms with Gasteiger partial charge in [-0.15, -0.1) is 0 Å². The number of benzene rings is 1. The van der Waals surface area contributed by atoms with E-state index in [1.807, 2.05) is 0 Å². The van der Waals surface area contributed by atoms with E-state index in [0.717, 1.165) is 29.9 Å². The summed E-state index contributed by atoms with van der Waals surface area (Å²) in [5, 5.41) is 0. The first-order valence-electron chi connectivity index (χ1n) is 10.4. The molecule has 1 aromatic rings. The van der Waals surface area contributed by atoms with Crippen LogP contribution in [0.5, 0.6) is 0 Å².